The average molecular weight is 305 g/mol. The highest BCUT2D eigenvalue weighted by Gasteiger charge is 2.46. The van der Waals surface area contributed by atoms with Gasteiger partial charge in [-0.15, -0.1) is 0 Å². The Morgan fingerprint density at radius 3 is 2.68 bits per heavy atom. The molecule has 1 aliphatic carbocycles. The predicted octanol–water partition coefficient (Wildman–Crippen LogP) is 2.03. The van der Waals surface area contributed by atoms with Crippen LogP contribution in [0.15, 0.2) is 18.2 Å². The molecule has 1 aliphatic heterocycles. The van der Waals surface area contributed by atoms with Gasteiger partial charge < -0.3 is 14.6 Å². The second-order valence-corrected chi connectivity index (χ2v) is 6.27. The lowest BCUT2D eigenvalue weighted by Gasteiger charge is -2.27. The molecule has 0 unspecified atom stereocenters. The molecule has 5 nitrogen and oxygen atoms in total. The Hall–Kier alpha value is -1.59. The third-order valence-corrected chi connectivity index (χ3v) is 4.73. The van der Waals surface area contributed by atoms with E-state index in [1.807, 2.05) is 12.1 Å². The number of morpholine rings is 1. The molecule has 0 spiro atoms. The molecule has 0 aromatic heterocycles. The standard InChI is InChI=1S/C17H23NO4/c1-21-15-3-2-14(17(4-5-17)11-16(19)20)10-13(15)12-18-6-8-22-9-7-18/h2-3,10H,4-9,11-12H2,1H3,(H,19,20). The fourth-order valence-corrected chi connectivity index (χ4v) is 3.24. The van der Waals surface area contributed by atoms with Gasteiger partial charge in [-0.2, -0.15) is 0 Å². The lowest BCUT2D eigenvalue weighted by atomic mass is 9.91. The molecular weight excluding hydrogens is 282 g/mol. The Morgan fingerprint density at radius 2 is 2.09 bits per heavy atom. The summed E-state index contributed by atoms with van der Waals surface area (Å²) in [6, 6.07) is 6.15. The van der Waals surface area contributed by atoms with Crippen molar-refractivity contribution in [1.82, 2.24) is 4.90 Å². The number of hydrogen-bond donors (Lipinski definition) is 1. The van der Waals surface area contributed by atoms with Gasteiger partial charge in [-0.3, -0.25) is 9.69 Å². The Balaban J connectivity index is 1.81. The van der Waals surface area contributed by atoms with Crippen LogP contribution in [0.5, 0.6) is 5.75 Å². The zero-order valence-electron chi connectivity index (χ0n) is 13.0. The summed E-state index contributed by atoms with van der Waals surface area (Å²) in [6.45, 7) is 4.21. The maximum atomic E-state index is 11.1. The van der Waals surface area contributed by atoms with Crippen LogP contribution in [-0.2, 0) is 21.5 Å². The molecule has 1 aromatic carbocycles. The van der Waals surface area contributed by atoms with Crippen molar-refractivity contribution in [3.63, 3.8) is 0 Å². The van der Waals surface area contributed by atoms with Crippen molar-refractivity contribution >= 4 is 5.97 Å². The Labute approximate surface area is 130 Å². The molecule has 22 heavy (non-hydrogen) atoms. The highest BCUT2D eigenvalue weighted by Crippen LogP contribution is 2.51. The minimum Gasteiger partial charge on any atom is -0.496 e. The van der Waals surface area contributed by atoms with E-state index in [0.717, 1.165) is 62.6 Å². The molecule has 1 N–H and O–H groups in total. The molecule has 1 saturated heterocycles. The monoisotopic (exact) mass is 305 g/mol. The maximum Gasteiger partial charge on any atom is 0.304 e. The number of ether oxygens (including phenoxy) is 2. The van der Waals surface area contributed by atoms with E-state index in [1.165, 1.54) is 0 Å². The SMILES string of the molecule is COc1ccc(C2(CC(=O)O)CC2)cc1CN1CCOCC1. The topological polar surface area (TPSA) is 59.0 Å². The number of benzene rings is 1. The molecule has 1 heterocycles. The summed E-state index contributed by atoms with van der Waals surface area (Å²) < 4.78 is 10.9. The smallest absolute Gasteiger partial charge is 0.304 e. The largest absolute Gasteiger partial charge is 0.496 e. The number of carboxylic acid groups (broad SMARTS) is 1. The minimum atomic E-state index is -0.719. The first-order chi connectivity index (χ1) is 10.6. The van der Waals surface area contributed by atoms with Gasteiger partial charge in [0.2, 0.25) is 0 Å². The van der Waals surface area contributed by atoms with E-state index in [9.17, 15) is 4.79 Å². The van der Waals surface area contributed by atoms with Crippen molar-refractivity contribution in [2.45, 2.75) is 31.2 Å². The van der Waals surface area contributed by atoms with E-state index in [4.69, 9.17) is 14.6 Å². The van der Waals surface area contributed by atoms with Gasteiger partial charge in [-0.05, 0) is 24.5 Å². The van der Waals surface area contributed by atoms with Gasteiger partial charge in [0, 0.05) is 30.6 Å². The van der Waals surface area contributed by atoms with E-state index in [0.29, 0.717) is 0 Å². The Bertz CT molecular complexity index is 548. The Kier molecular flexibility index (Phi) is 4.36. The summed E-state index contributed by atoms with van der Waals surface area (Å²) in [4.78, 5) is 13.5. The van der Waals surface area contributed by atoms with Crippen LogP contribution in [0.25, 0.3) is 0 Å². The summed E-state index contributed by atoms with van der Waals surface area (Å²) in [5.41, 5.74) is 2.12. The number of aliphatic carboxylic acids is 1. The highest BCUT2D eigenvalue weighted by atomic mass is 16.5. The van der Waals surface area contributed by atoms with Crippen LogP contribution < -0.4 is 4.74 Å². The van der Waals surface area contributed by atoms with Gasteiger partial charge in [0.15, 0.2) is 0 Å². The highest BCUT2D eigenvalue weighted by molar-refractivity contribution is 5.70. The molecule has 1 saturated carbocycles. The number of rotatable bonds is 6. The third kappa shape index (κ3) is 3.25. The number of carbonyl (C=O) groups is 1. The maximum absolute atomic E-state index is 11.1. The lowest BCUT2D eigenvalue weighted by Crippen LogP contribution is -2.35. The van der Waals surface area contributed by atoms with E-state index >= 15 is 0 Å². The van der Waals surface area contributed by atoms with Crippen LogP contribution in [0.4, 0.5) is 0 Å². The minimum absolute atomic E-state index is 0.155. The first kappa shape index (κ1) is 15.3. The van der Waals surface area contributed by atoms with Crippen molar-refractivity contribution < 1.29 is 19.4 Å². The predicted molar refractivity (Wildman–Crippen MR) is 82.3 cm³/mol. The van der Waals surface area contributed by atoms with Crippen LogP contribution >= 0.6 is 0 Å². The van der Waals surface area contributed by atoms with Crippen molar-refractivity contribution in [3.05, 3.63) is 29.3 Å². The van der Waals surface area contributed by atoms with Crippen LogP contribution in [0.3, 0.4) is 0 Å². The van der Waals surface area contributed by atoms with E-state index in [-0.39, 0.29) is 11.8 Å². The van der Waals surface area contributed by atoms with Crippen LogP contribution in [0.1, 0.15) is 30.4 Å². The van der Waals surface area contributed by atoms with Crippen LogP contribution in [0.2, 0.25) is 0 Å². The molecule has 3 rings (SSSR count). The molecule has 0 bridgehead atoms. The van der Waals surface area contributed by atoms with E-state index < -0.39 is 5.97 Å². The second kappa shape index (κ2) is 6.26. The average Bonchev–Trinajstić information content (AvgIpc) is 3.28. The van der Waals surface area contributed by atoms with Gasteiger partial charge >= 0.3 is 5.97 Å². The summed E-state index contributed by atoms with van der Waals surface area (Å²) in [7, 11) is 1.68. The van der Waals surface area contributed by atoms with Gasteiger partial charge in [0.05, 0.1) is 26.7 Å². The third-order valence-electron chi connectivity index (χ3n) is 4.73. The summed E-state index contributed by atoms with van der Waals surface area (Å²) in [5.74, 6) is 0.157. The zero-order valence-corrected chi connectivity index (χ0v) is 13.0. The van der Waals surface area contributed by atoms with Crippen molar-refractivity contribution in [2.24, 2.45) is 0 Å². The molecule has 0 atom stereocenters. The van der Waals surface area contributed by atoms with Gasteiger partial charge in [0.1, 0.15) is 5.75 Å². The van der Waals surface area contributed by atoms with Crippen LogP contribution in [-0.4, -0.2) is 49.4 Å². The zero-order chi connectivity index (χ0) is 15.6. The lowest BCUT2D eigenvalue weighted by molar-refractivity contribution is -0.137. The van der Waals surface area contributed by atoms with Crippen molar-refractivity contribution in [1.29, 1.82) is 0 Å². The molecule has 0 amide bonds. The fraction of sp³-hybridized carbons (Fsp3) is 0.588. The van der Waals surface area contributed by atoms with Crippen LogP contribution in [0, 0.1) is 0 Å². The molecule has 5 heteroatoms. The fourth-order valence-electron chi connectivity index (χ4n) is 3.24. The van der Waals surface area contributed by atoms with Crippen molar-refractivity contribution in [2.75, 3.05) is 33.4 Å². The van der Waals surface area contributed by atoms with Gasteiger partial charge in [-0.1, -0.05) is 12.1 Å². The first-order valence-electron chi connectivity index (χ1n) is 7.82. The Morgan fingerprint density at radius 1 is 1.36 bits per heavy atom. The summed E-state index contributed by atoms with van der Waals surface area (Å²) in [5, 5.41) is 9.13. The first-order valence-corrected chi connectivity index (χ1v) is 7.82. The molecule has 2 aliphatic rings. The quantitative estimate of drug-likeness (QED) is 0.871. The van der Waals surface area contributed by atoms with Gasteiger partial charge in [-0.25, -0.2) is 0 Å². The molecule has 120 valence electrons. The number of hydrogen-bond acceptors (Lipinski definition) is 4. The van der Waals surface area contributed by atoms with E-state index in [1.54, 1.807) is 7.11 Å². The van der Waals surface area contributed by atoms with E-state index in [2.05, 4.69) is 11.0 Å². The molecule has 0 radical (unpaired) electrons. The second-order valence-electron chi connectivity index (χ2n) is 6.27. The number of methoxy groups -OCH3 is 1. The number of carboxylic acids is 1. The number of nitrogens with zero attached hydrogens (tertiary/aromatic N) is 1. The van der Waals surface area contributed by atoms with Crippen molar-refractivity contribution in [3.8, 4) is 5.75 Å². The molecule has 2 fully saturated rings. The molecule has 1 aromatic rings. The van der Waals surface area contributed by atoms with Gasteiger partial charge in [0.25, 0.3) is 0 Å². The molecular formula is C17H23NO4. The summed E-state index contributed by atoms with van der Waals surface area (Å²) in [6.07, 6.45) is 2.14. The normalized spacial score (nSPS) is 20.6. The summed E-state index contributed by atoms with van der Waals surface area (Å²) >= 11 is 0.